The minimum atomic E-state index is -0.916. The number of hydrogen-bond acceptors (Lipinski definition) is 4. The topological polar surface area (TPSA) is 71.0 Å². The van der Waals surface area contributed by atoms with Gasteiger partial charge >= 0.3 is 0 Å². The van der Waals surface area contributed by atoms with E-state index in [0.29, 0.717) is 5.82 Å². The second kappa shape index (κ2) is 5.81. The summed E-state index contributed by atoms with van der Waals surface area (Å²) in [5, 5.41) is 12.3. The smallest absolute Gasteiger partial charge is 0.142 e. The molecule has 0 atom stereocenters. The molecule has 2 aromatic heterocycles. The van der Waals surface area contributed by atoms with Crippen LogP contribution in [0.25, 0.3) is 33.2 Å². The quantitative estimate of drug-likeness (QED) is 0.579. The van der Waals surface area contributed by atoms with Crippen LogP contribution < -0.4 is 4.74 Å². The van der Waals surface area contributed by atoms with Crippen LogP contribution in [0.1, 0.15) is 25.2 Å². The Bertz CT molecular complexity index is 1120. The zero-order valence-electron chi connectivity index (χ0n) is 15.3. The van der Waals surface area contributed by atoms with E-state index >= 15 is 0 Å². The number of nitrogens with one attached hydrogen (secondary N) is 1. The van der Waals surface area contributed by atoms with E-state index in [-0.39, 0.29) is 0 Å². The van der Waals surface area contributed by atoms with E-state index in [1.165, 1.54) is 0 Å². The Morgan fingerprint density at radius 3 is 2.62 bits per heavy atom. The summed E-state index contributed by atoms with van der Waals surface area (Å²) in [6.45, 7) is 5.45. The Labute approximate surface area is 151 Å². The first-order chi connectivity index (χ1) is 12.4. The average molecular weight is 347 g/mol. The fourth-order valence-corrected chi connectivity index (χ4v) is 3.27. The SMILES string of the molecule is COc1ccc2[nH]c3nc(C)nc(-c4cccc(C(C)(C)O)c4)c3c2c1. The number of ether oxygens (including phenoxy) is 1. The summed E-state index contributed by atoms with van der Waals surface area (Å²) in [6, 6.07) is 13.8. The van der Waals surface area contributed by atoms with Crippen LogP contribution in [-0.4, -0.2) is 27.2 Å². The van der Waals surface area contributed by atoms with Crippen molar-refractivity contribution in [3.8, 4) is 17.0 Å². The number of aromatic amines is 1. The molecule has 5 nitrogen and oxygen atoms in total. The summed E-state index contributed by atoms with van der Waals surface area (Å²) in [7, 11) is 1.66. The number of benzene rings is 2. The predicted molar refractivity (Wildman–Crippen MR) is 103 cm³/mol. The molecule has 0 saturated carbocycles. The van der Waals surface area contributed by atoms with Crippen molar-refractivity contribution >= 4 is 21.9 Å². The van der Waals surface area contributed by atoms with Crippen LogP contribution in [0.4, 0.5) is 0 Å². The molecule has 0 spiro atoms. The van der Waals surface area contributed by atoms with Gasteiger partial charge in [-0.25, -0.2) is 9.97 Å². The van der Waals surface area contributed by atoms with E-state index in [2.05, 4.69) is 9.97 Å². The lowest BCUT2D eigenvalue weighted by molar-refractivity contribution is 0.0786. The number of aliphatic hydroxyl groups is 1. The minimum Gasteiger partial charge on any atom is -0.497 e. The number of fused-ring (bicyclic) bond motifs is 3. The van der Waals surface area contributed by atoms with E-state index < -0.39 is 5.60 Å². The maximum Gasteiger partial charge on any atom is 0.142 e. The third-order valence-electron chi connectivity index (χ3n) is 4.61. The van der Waals surface area contributed by atoms with Crippen molar-refractivity contribution in [2.45, 2.75) is 26.4 Å². The molecule has 0 amide bonds. The summed E-state index contributed by atoms with van der Waals surface area (Å²) >= 11 is 0. The highest BCUT2D eigenvalue weighted by atomic mass is 16.5. The van der Waals surface area contributed by atoms with Gasteiger partial charge in [-0.1, -0.05) is 18.2 Å². The summed E-state index contributed by atoms with van der Waals surface area (Å²) < 4.78 is 5.39. The van der Waals surface area contributed by atoms with E-state index in [4.69, 9.17) is 9.72 Å². The van der Waals surface area contributed by atoms with Crippen molar-refractivity contribution in [2.75, 3.05) is 7.11 Å². The van der Waals surface area contributed by atoms with Gasteiger partial charge in [-0.2, -0.15) is 0 Å². The van der Waals surface area contributed by atoms with Gasteiger partial charge < -0.3 is 14.8 Å². The molecule has 5 heteroatoms. The van der Waals surface area contributed by atoms with E-state index in [1.807, 2.05) is 49.4 Å². The van der Waals surface area contributed by atoms with Gasteiger partial charge in [0.2, 0.25) is 0 Å². The highest BCUT2D eigenvalue weighted by molar-refractivity contribution is 6.12. The van der Waals surface area contributed by atoms with Crippen molar-refractivity contribution in [2.24, 2.45) is 0 Å². The fraction of sp³-hybridized carbons (Fsp3) is 0.238. The molecule has 0 aliphatic heterocycles. The molecule has 4 aromatic rings. The number of methoxy groups -OCH3 is 1. The third kappa shape index (κ3) is 2.70. The van der Waals surface area contributed by atoms with Gasteiger partial charge in [0, 0.05) is 16.5 Å². The van der Waals surface area contributed by atoms with Crippen LogP contribution in [-0.2, 0) is 5.60 Å². The molecule has 4 rings (SSSR count). The summed E-state index contributed by atoms with van der Waals surface area (Å²) in [4.78, 5) is 12.7. The average Bonchev–Trinajstić information content (AvgIpc) is 2.97. The van der Waals surface area contributed by atoms with Crippen molar-refractivity contribution in [1.82, 2.24) is 15.0 Å². The Hall–Kier alpha value is -2.92. The Balaban J connectivity index is 2.06. The van der Waals surface area contributed by atoms with Crippen LogP contribution in [0.2, 0.25) is 0 Å². The van der Waals surface area contributed by atoms with Gasteiger partial charge in [-0.3, -0.25) is 0 Å². The molecule has 2 aromatic carbocycles. The first-order valence-electron chi connectivity index (χ1n) is 8.54. The highest BCUT2D eigenvalue weighted by Crippen LogP contribution is 2.35. The number of hydrogen-bond donors (Lipinski definition) is 2. The first kappa shape index (κ1) is 16.5. The van der Waals surface area contributed by atoms with Gasteiger partial charge in [-0.15, -0.1) is 0 Å². The molecule has 132 valence electrons. The lowest BCUT2D eigenvalue weighted by Crippen LogP contribution is -2.15. The number of aromatic nitrogens is 3. The number of aryl methyl sites for hydroxylation is 1. The van der Waals surface area contributed by atoms with Gasteiger partial charge in [0.15, 0.2) is 0 Å². The molecule has 0 radical (unpaired) electrons. The molecule has 2 N–H and O–H groups in total. The molecule has 0 saturated heterocycles. The van der Waals surface area contributed by atoms with Gasteiger partial charge in [-0.05, 0) is 50.6 Å². The second-order valence-electron chi connectivity index (χ2n) is 7.02. The first-order valence-corrected chi connectivity index (χ1v) is 8.54. The number of H-pyrrole nitrogens is 1. The Kier molecular flexibility index (Phi) is 3.70. The van der Waals surface area contributed by atoms with E-state index in [1.54, 1.807) is 21.0 Å². The van der Waals surface area contributed by atoms with Crippen LogP contribution in [0.3, 0.4) is 0 Å². The molecular formula is C21H21N3O2. The number of nitrogens with zero attached hydrogens (tertiary/aromatic N) is 2. The molecule has 0 aliphatic rings. The normalized spacial score (nSPS) is 12.0. The van der Waals surface area contributed by atoms with Crippen LogP contribution in [0.5, 0.6) is 5.75 Å². The van der Waals surface area contributed by atoms with Crippen LogP contribution in [0.15, 0.2) is 42.5 Å². The van der Waals surface area contributed by atoms with Gasteiger partial charge in [0.05, 0.1) is 23.8 Å². The molecule has 26 heavy (non-hydrogen) atoms. The second-order valence-corrected chi connectivity index (χ2v) is 7.02. The lowest BCUT2D eigenvalue weighted by atomic mass is 9.95. The van der Waals surface area contributed by atoms with Crippen molar-refractivity contribution in [3.05, 3.63) is 53.9 Å². The lowest BCUT2D eigenvalue weighted by Gasteiger charge is -2.18. The maximum atomic E-state index is 10.4. The maximum absolute atomic E-state index is 10.4. The van der Waals surface area contributed by atoms with E-state index in [9.17, 15) is 5.11 Å². The van der Waals surface area contributed by atoms with Crippen LogP contribution in [0, 0.1) is 6.92 Å². The largest absolute Gasteiger partial charge is 0.497 e. The van der Waals surface area contributed by atoms with Gasteiger partial charge in [0.25, 0.3) is 0 Å². The molecule has 0 aliphatic carbocycles. The van der Waals surface area contributed by atoms with Crippen molar-refractivity contribution in [3.63, 3.8) is 0 Å². The Morgan fingerprint density at radius 2 is 1.88 bits per heavy atom. The van der Waals surface area contributed by atoms with Crippen LogP contribution >= 0.6 is 0 Å². The summed E-state index contributed by atoms with van der Waals surface area (Å²) in [6.07, 6.45) is 0. The third-order valence-corrected chi connectivity index (χ3v) is 4.61. The summed E-state index contributed by atoms with van der Waals surface area (Å²) in [5.74, 6) is 1.48. The monoisotopic (exact) mass is 347 g/mol. The molecular weight excluding hydrogens is 326 g/mol. The molecule has 0 unspecified atom stereocenters. The number of rotatable bonds is 3. The predicted octanol–water partition coefficient (Wildman–Crippen LogP) is 4.32. The van der Waals surface area contributed by atoms with Crippen molar-refractivity contribution < 1.29 is 9.84 Å². The zero-order chi connectivity index (χ0) is 18.5. The summed E-state index contributed by atoms with van der Waals surface area (Å²) in [5.41, 5.74) is 3.50. The molecule has 0 bridgehead atoms. The minimum absolute atomic E-state index is 0.694. The standard InChI is InChI=1S/C21H21N3O2/c1-12-22-19(13-6-5-7-14(10-13)21(2,3)25)18-16-11-15(26-4)8-9-17(16)24-20(18)23-12/h5-11,25H,1-4H3,(H,22,23,24). The highest BCUT2D eigenvalue weighted by Gasteiger charge is 2.19. The van der Waals surface area contributed by atoms with Crippen molar-refractivity contribution in [1.29, 1.82) is 0 Å². The van der Waals surface area contributed by atoms with E-state index in [0.717, 1.165) is 44.5 Å². The zero-order valence-corrected chi connectivity index (χ0v) is 15.3. The molecule has 2 heterocycles. The van der Waals surface area contributed by atoms with Gasteiger partial charge in [0.1, 0.15) is 17.2 Å². The molecule has 0 fully saturated rings. The fourth-order valence-electron chi connectivity index (χ4n) is 3.27. The Morgan fingerprint density at radius 1 is 1.08 bits per heavy atom.